The molecule has 0 aliphatic carbocycles. The van der Waals surface area contributed by atoms with E-state index in [1.54, 1.807) is 12.1 Å². The van der Waals surface area contributed by atoms with Gasteiger partial charge >= 0.3 is 0 Å². The first-order valence-electron chi connectivity index (χ1n) is 10.9. The average Bonchev–Trinajstić information content (AvgIpc) is 3.27. The van der Waals surface area contributed by atoms with Crippen LogP contribution in [-0.4, -0.2) is 56.2 Å². The summed E-state index contributed by atoms with van der Waals surface area (Å²) < 4.78 is 12.3. The zero-order valence-corrected chi connectivity index (χ0v) is 19.6. The fraction of sp³-hybridized carbons (Fsp3) is 0.250. The summed E-state index contributed by atoms with van der Waals surface area (Å²) in [6, 6.07) is 10.9. The Hall–Kier alpha value is -4.38. The summed E-state index contributed by atoms with van der Waals surface area (Å²) in [5.41, 5.74) is 7.76. The van der Waals surface area contributed by atoms with Crippen LogP contribution in [0.1, 0.15) is 35.7 Å². The molecule has 1 amide bonds. The number of nitrogens with one attached hydrogen (secondary N) is 1. The lowest BCUT2D eigenvalue weighted by atomic mass is 10.2. The van der Waals surface area contributed by atoms with E-state index >= 15 is 0 Å². The van der Waals surface area contributed by atoms with Gasteiger partial charge < -0.3 is 20.5 Å². The minimum absolute atomic E-state index is 0.0318. The van der Waals surface area contributed by atoms with Gasteiger partial charge in [-0.2, -0.15) is 4.52 Å². The van der Waals surface area contributed by atoms with Crippen molar-refractivity contribution in [3.8, 4) is 5.88 Å². The summed E-state index contributed by atoms with van der Waals surface area (Å²) in [5, 5.41) is 17.2. The molecule has 0 spiro atoms. The number of pyridine rings is 1. The molecule has 4 rings (SSSR count). The van der Waals surface area contributed by atoms with E-state index in [9.17, 15) is 9.59 Å². The molecule has 1 aromatic carbocycles. The molecule has 0 fully saturated rings. The molecule has 0 saturated carbocycles. The highest BCUT2D eigenvalue weighted by Crippen LogP contribution is 2.27. The topological polar surface area (TPSA) is 147 Å². The van der Waals surface area contributed by atoms with Gasteiger partial charge in [0.2, 0.25) is 11.7 Å². The maximum absolute atomic E-state index is 12.1. The van der Waals surface area contributed by atoms with E-state index in [1.807, 2.05) is 38.1 Å². The fourth-order valence-electron chi connectivity index (χ4n) is 3.39. The van der Waals surface area contributed by atoms with E-state index in [-0.39, 0.29) is 42.5 Å². The SMILES string of the molecule is COCC(=O)C=C(N)c1nnc2c3ccccc3c(OCc3ccc(C(=O)NC(C)C)cn3)nn12. The first-order chi connectivity index (χ1) is 16.9. The van der Waals surface area contributed by atoms with Gasteiger partial charge in [0.25, 0.3) is 5.91 Å². The number of ketones is 1. The van der Waals surface area contributed by atoms with Crippen LogP contribution in [0.5, 0.6) is 5.88 Å². The van der Waals surface area contributed by atoms with Crippen LogP contribution in [0.15, 0.2) is 48.7 Å². The van der Waals surface area contributed by atoms with Crippen molar-refractivity contribution in [2.45, 2.75) is 26.5 Å². The highest BCUT2D eigenvalue weighted by molar-refractivity contribution is 5.98. The summed E-state index contributed by atoms with van der Waals surface area (Å²) >= 11 is 0. The maximum atomic E-state index is 12.1. The average molecular weight is 476 g/mol. The van der Waals surface area contributed by atoms with Crippen LogP contribution in [0, 0.1) is 0 Å². The van der Waals surface area contributed by atoms with Crippen LogP contribution >= 0.6 is 0 Å². The smallest absolute Gasteiger partial charge is 0.253 e. The van der Waals surface area contributed by atoms with Crippen molar-refractivity contribution in [3.05, 3.63) is 65.8 Å². The number of benzene rings is 1. The number of nitrogens with two attached hydrogens (primary N) is 1. The number of methoxy groups -OCH3 is 1. The quantitative estimate of drug-likeness (QED) is 0.346. The van der Waals surface area contributed by atoms with Gasteiger partial charge in [0.15, 0.2) is 11.4 Å². The van der Waals surface area contributed by atoms with Crippen LogP contribution in [0.4, 0.5) is 0 Å². The standard InChI is InChI=1S/C24H25N7O4/c1-14(2)27-23(33)15-8-9-16(26-11-15)12-35-24-19-7-5-4-6-18(19)21-28-29-22(31(21)30-24)20(25)10-17(32)13-34-3/h4-11,14H,12-13,25H2,1-3H3,(H,27,33). The minimum atomic E-state index is -0.310. The first kappa shape index (κ1) is 23.8. The van der Waals surface area contributed by atoms with Crippen molar-refractivity contribution in [2.24, 2.45) is 5.73 Å². The molecular weight excluding hydrogens is 450 g/mol. The van der Waals surface area contributed by atoms with E-state index in [0.717, 1.165) is 10.8 Å². The largest absolute Gasteiger partial charge is 0.470 e. The number of aromatic nitrogens is 5. The Kier molecular flexibility index (Phi) is 6.97. The number of carbonyl (C=O) groups excluding carboxylic acids is 2. The highest BCUT2D eigenvalue weighted by atomic mass is 16.5. The van der Waals surface area contributed by atoms with Crippen LogP contribution in [0.25, 0.3) is 22.1 Å². The Balaban J connectivity index is 1.64. The van der Waals surface area contributed by atoms with Crippen molar-refractivity contribution in [1.29, 1.82) is 0 Å². The zero-order valence-electron chi connectivity index (χ0n) is 19.6. The maximum Gasteiger partial charge on any atom is 0.253 e. The summed E-state index contributed by atoms with van der Waals surface area (Å²) in [7, 11) is 1.43. The molecule has 4 aromatic rings. The Bertz CT molecular complexity index is 1410. The van der Waals surface area contributed by atoms with Crippen molar-refractivity contribution in [2.75, 3.05) is 13.7 Å². The van der Waals surface area contributed by atoms with Crippen LogP contribution < -0.4 is 15.8 Å². The molecule has 11 nitrogen and oxygen atoms in total. The molecule has 0 bridgehead atoms. The molecular formula is C24H25N7O4. The Morgan fingerprint density at radius 2 is 1.91 bits per heavy atom. The number of rotatable bonds is 9. The minimum Gasteiger partial charge on any atom is -0.470 e. The summed E-state index contributed by atoms with van der Waals surface area (Å²) in [5.74, 6) is 0.0238. The second kappa shape index (κ2) is 10.3. The van der Waals surface area contributed by atoms with Gasteiger partial charge in [-0.05, 0) is 32.0 Å². The van der Waals surface area contributed by atoms with Gasteiger partial charge in [-0.25, -0.2) is 0 Å². The molecule has 0 unspecified atom stereocenters. The molecule has 0 aliphatic heterocycles. The van der Waals surface area contributed by atoms with Crippen LogP contribution in [-0.2, 0) is 16.1 Å². The highest BCUT2D eigenvalue weighted by Gasteiger charge is 2.17. The lowest BCUT2D eigenvalue weighted by molar-refractivity contribution is -0.117. The lowest BCUT2D eigenvalue weighted by Crippen LogP contribution is -2.30. The number of fused-ring (bicyclic) bond motifs is 3. The number of amides is 1. The summed E-state index contributed by atoms with van der Waals surface area (Å²) in [6.45, 7) is 3.80. The number of hydrogen-bond acceptors (Lipinski definition) is 9. The Morgan fingerprint density at radius 3 is 2.60 bits per heavy atom. The van der Waals surface area contributed by atoms with Crippen LogP contribution in [0.3, 0.4) is 0 Å². The number of hydrogen-bond donors (Lipinski definition) is 2. The molecule has 11 heteroatoms. The Labute approximate surface area is 201 Å². The van der Waals surface area contributed by atoms with E-state index < -0.39 is 0 Å². The van der Waals surface area contributed by atoms with Gasteiger partial charge in [-0.3, -0.25) is 14.6 Å². The zero-order chi connectivity index (χ0) is 24.9. The van der Waals surface area contributed by atoms with Gasteiger partial charge in [0, 0.05) is 36.2 Å². The second-order valence-electron chi connectivity index (χ2n) is 8.06. The van der Waals surface area contributed by atoms with Crippen molar-refractivity contribution in [3.63, 3.8) is 0 Å². The van der Waals surface area contributed by atoms with Gasteiger partial charge in [-0.15, -0.1) is 15.3 Å². The third-order valence-electron chi connectivity index (χ3n) is 4.95. The molecule has 180 valence electrons. The molecule has 35 heavy (non-hydrogen) atoms. The van der Waals surface area contributed by atoms with Gasteiger partial charge in [-0.1, -0.05) is 18.2 Å². The Morgan fingerprint density at radius 1 is 1.14 bits per heavy atom. The molecule has 0 atom stereocenters. The molecule has 3 N–H and O–H groups in total. The molecule has 3 aromatic heterocycles. The van der Waals surface area contributed by atoms with Gasteiger partial charge in [0.05, 0.1) is 17.0 Å². The first-order valence-corrected chi connectivity index (χ1v) is 10.9. The molecule has 3 heterocycles. The predicted molar refractivity (Wildman–Crippen MR) is 129 cm³/mol. The second-order valence-corrected chi connectivity index (χ2v) is 8.06. The van der Waals surface area contributed by atoms with Gasteiger partial charge in [0.1, 0.15) is 13.2 Å². The number of nitrogens with zero attached hydrogens (tertiary/aromatic N) is 5. The number of carbonyl (C=O) groups is 2. The fourth-order valence-corrected chi connectivity index (χ4v) is 3.39. The van der Waals surface area contributed by atoms with Crippen molar-refractivity contribution >= 4 is 33.8 Å². The lowest BCUT2D eigenvalue weighted by Gasteiger charge is -2.11. The van der Waals surface area contributed by atoms with E-state index in [1.165, 1.54) is 23.9 Å². The molecule has 0 aliphatic rings. The van der Waals surface area contributed by atoms with Crippen molar-refractivity contribution in [1.82, 2.24) is 30.1 Å². The van der Waals surface area contributed by atoms with Crippen molar-refractivity contribution < 1.29 is 19.1 Å². The third kappa shape index (κ3) is 5.25. The monoisotopic (exact) mass is 475 g/mol. The summed E-state index contributed by atoms with van der Waals surface area (Å²) in [4.78, 5) is 28.4. The predicted octanol–water partition coefficient (Wildman–Crippen LogP) is 1.90. The molecule has 0 saturated heterocycles. The van der Waals surface area contributed by atoms with E-state index in [4.69, 9.17) is 15.2 Å². The number of ether oxygens (including phenoxy) is 2. The third-order valence-corrected chi connectivity index (χ3v) is 4.95. The molecule has 0 radical (unpaired) electrons. The van der Waals surface area contributed by atoms with E-state index in [2.05, 4.69) is 25.6 Å². The normalized spacial score (nSPS) is 11.8. The van der Waals surface area contributed by atoms with Crippen LogP contribution in [0.2, 0.25) is 0 Å². The summed E-state index contributed by atoms with van der Waals surface area (Å²) in [6.07, 6.45) is 2.74. The van der Waals surface area contributed by atoms with E-state index in [0.29, 0.717) is 22.8 Å².